The van der Waals surface area contributed by atoms with Gasteiger partial charge in [-0.1, -0.05) is 31.4 Å². The Morgan fingerprint density at radius 3 is 2.46 bits per heavy atom. The fourth-order valence-electron chi connectivity index (χ4n) is 3.41. The van der Waals surface area contributed by atoms with Crippen LogP contribution in [0, 0.1) is 11.8 Å². The van der Waals surface area contributed by atoms with Crippen molar-refractivity contribution in [3.8, 4) is 0 Å². The van der Waals surface area contributed by atoms with Crippen molar-refractivity contribution in [3.05, 3.63) is 23.4 Å². The first kappa shape index (κ1) is 21.9. The van der Waals surface area contributed by atoms with Gasteiger partial charge in [-0.05, 0) is 46.6 Å². The number of allylic oxidation sites excluding steroid dienone is 3. The molecule has 7 heteroatoms. The molecule has 0 aromatic heterocycles. The third kappa shape index (κ3) is 4.69. The summed E-state index contributed by atoms with van der Waals surface area (Å²) in [5.74, 6) is -3.07. The number of fused-ring (bicyclic) bond motifs is 1. The molecular formula is C21H29NO6. The molecule has 0 saturated carbocycles. The Hall–Kier alpha value is -2.44. The molecule has 2 unspecified atom stereocenters. The van der Waals surface area contributed by atoms with Crippen LogP contribution < -0.4 is 0 Å². The predicted octanol–water partition coefficient (Wildman–Crippen LogP) is 3.53. The molecule has 7 nitrogen and oxygen atoms in total. The summed E-state index contributed by atoms with van der Waals surface area (Å²) >= 11 is 0. The van der Waals surface area contributed by atoms with E-state index in [0.29, 0.717) is 12.1 Å². The molecule has 1 heterocycles. The van der Waals surface area contributed by atoms with Gasteiger partial charge in [-0.25, -0.2) is 9.69 Å². The number of hydrogen-bond donors (Lipinski definition) is 0. The number of nitrogens with zero attached hydrogens (tertiary/aromatic N) is 1. The molecule has 0 aromatic rings. The number of rotatable bonds is 6. The zero-order valence-corrected chi connectivity index (χ0v) is 17.2. The first-order valence-electron chi connectivity index (χ1n) is 9.79. The maximum absolute atomic E-state index is 12.5. The Morgan fingerprint density at radius 2 is 1.89 bits per heavy atom. The molecule has 28 heavy (non-hydrogen) atoms. The monoisotopic (exact) mass is 391 g/mol. The number of unbranched alkanes of at least 4 members (excludes halogenated alkanes) is 1. The van der Waals surface area contributed by atoms with Crippen molar-refractivity contribution in [1.82, 2.24) is 4.90 Å². The average Bonchev–Trinajstić information content (AvgIpc) is 2.85. The van der Waals surface area contributed by atoms with E-state index in [4.69, 9.17) is 9.47 Å². The fraction of sp³-hybridized carbons (Fsp3) is 0.619. The molecule has 0 N–H and O–H groups in total. The van der Waals surface area contributed by atoms with E-state index >= 15 is 0 Å². The van der Waals surface area contributed by atoms with E-state index < -0.39 is 35.2 Å². The van der Waals surface area contributed by atoms with Gasteiger partial charge in [-0.3, -0.25) is 14.4 Å². The van der Waals surface area contributed by atoms with Crippen LogP contribution in [0.25, 0.3) is 0 Å². The van der Waals surface area contributed by atoms with Crippen LogP contribution in [0.2, 0.25) is 0 Å². The summed E-state index contributed by atoms with van der Waals surface area (Å²) < 4.78 is 10.5. The largest absolute Gasteiger partial charge is 0.466 e. The number of hydrogen-bond acceptors (Lipinski definition) is 6. The number of amides is 2. The van der Waals surface area contributed by atoms with Crippen molar-refractivity contribution < 1.29 is 28.7 Å². The van der Waals surface area contributed by atoms with Crippen molar-refractivity contribution in [2.24, 2.45) is 11.8 Å². The molecule has 154 valence electrons. The number of carbonyl (C=O) groups is 4. The number of carbonyl (C=O) groups excluding carboxylic acids is 4. The lowest BCUT2D eigenvalue weighted by Crippen LogP contribution is -2.38. The van der Waals surface area contributed by atoms with Gasteiger partial charge in [0.05, 0.1) is 18.4 Å². The van der Waals surface area contributed by atoms with Crippen LogP contribution in [0.1, 0.15) is 60.3 Å². The number of ketones is 1. The van der Waals surface area contributed by atoms with Gasteiger partial charge in [0.2, 0.25) is 5.78 Å². The second kappa shape index (κ2) is 8.71. The van der Waals surface area contributed by atoms with Crippen LogP contribution in [0.4, 0.5) is 4.79 Å². The summed E-state index contributed by atoms with van der Waals surface area (Å²) in [5, 5.41) is 0. The van der Waals surface area contributed by atoms with E-state index in [-0.39, 0.29) is 19.0 Å². The number of imide groups is 1. The molecule has 2 atom stereocenters. The number of esters is 1. The fourth-order valence-corrected chi connectivity index (χ4v) is 3.41. The third-order valence-corrected chi connectivity index (χ3v) is 4.69. The smallest absolute Gasteiger partial charge is 0.421 e. The summed E-state index contributed by atoms with van der Waals surface area (Å²) in [4.78, 5) is 50.5. The van der Waals surface area contributed by atoms with Crippen molar-refractivity contribution in [1.29, 1.82) is 0 Å². The summed E-state index contributed by atoms with van der Waals surface area (Å²) in [6.07, 6.45) is 5.07. The molecule has 0 bridgehead atoms. The minimum Gasteiger partial charge on any atom is -0.466 e. The van der Waals surface area contributed by atoms with Crippen LogP contribution in [0.15, 0.2) is 23.4 Å². The Morgan fingerprint density at radius 1 is 1.21 bits per heavy atom. The second-order valence-electron chi connectivity index (χ2n) is 8.02. The van der Waals surface area contributed by atoms with Crippen molar-refractivity contribution in [2.45, 2.75) is 65.9 Å². The first-order valence-corrected chi connectivity index (χ1v) is 9.79. The highest BCUT2D eigenvalue weighted by Crippen LogP contribution is 2.39. The van der Waals surface area contributed by atoms with Gasteiger partial charge in [0.25, 0.3) is 0 Å². The third-order valence-electron chi connectivity index (χ3n) is 4.69. The van der Waals surface area contributed by atoms with E-state index in [9.17, 15) is 19.2 Å². The van der Waals surface area contributed by atoms with E-state index in [1.165, 1.54) is 0 Å². The molecule has 1 saturated heterocycles. The quantitative estimate of drug-likeness (QED) is 0.508. The average molecular weight is 391 g/mol. The minimum absolute atomic E-state index is 0.225. The van der Waals surface area contributed by atoms with Crippen LogP contribution in [0.5, 0.6) is 0 Å². The highest BCUT2D eigenvalue weighted by molar-refractivity contribution is 6.43. The molecule has 0 spiro atoms. The Kier molecular flexibility index (Phi) is 6.80. The molecule has 1 fully saturated rings. The first-order chi connectivity index (χ1) is 13.1. The summed E-state index contributed by atoms with van der Waals surface area (Å²) in [5.41, 5.74) is 0.281. The van der Waals surface area contributed by atoms with Crippen LogP contribution in [0.3, 0.4) is 0 Å². The summed E-state index contributed by atoms with van der Waals surface area (Å²) in [6, 6.07) is 0. The topological polar surface area (TPSA) is 90.0 Å². The van der Waals surface area contributed by atoms with Crippen LogP contribution in [-0.2, 0) is 23.9 Å². The molecule has 1 aliphatic carbocycles. The molecule has 2 amide bonds. The SMILES string of the molecule is CCCCC(C(=O)OCC)C1=CC=C2C(C1)C(=O)C(=O)N2C(=O)OC(C)(C)C. The van der Waals surface area contributed by atoms with E-state index in [1.807, 2.05) is 6.92 Å². The summed E-state index contributed by atoms with van der Waals surface area (Å²) in [6.45, 7) is 9.14. The lowest BCUT2D eigenvalue weighted by molar-refractivity contribution is -0.147. The Bertz CT molecular complexity index is 728. The van der Waals surface area contributed by atoms with E-state index in [0.717, 1.165) is 23.3 Å². The normalized spacial score (nSPS) is 20.3. The van der Waals surface area contributed by atoms with Gasteiger partial charge < -0.3 is 9.47 Å². The molecule has 2 rings (SSSR count). The van der Waals surface area contributed by atoms with E-state index in [1.54, 1.807) is 39.8 Å². The Balaban J connectivity index is 2.31. The molecule has 0 radical (unpaired) electrons. The minimum atomic E-state index is -0.888. The van der Waals surface area contributed by atoms with Gasteiger partial charge in [0, 0.05) is 5.70 Å². The van der Waals surface area contributed by atoms with Gasteiger partial charge >= 0.3 is 18.0 Å². The number of ether oxygens (including phenoxy) is 2. The van der Waals surface area contributed by atoms with E-state index in [2.05, 4.69) is 0 Å². The van der Waals surface area contributed by atoms with Gasteiger partial charge in [-0.2, -0.15) is 0 Å². The number of Topliss-reactive ketones (excluding diaryl/α,β-unsaturated/α-hetero) is 1. The van der Waals surface area contributed by atoms with Crippen molar-refractivity contribution >= 4 is 23.8 Å². The van der Waals surface area contributed by atoms with Crippen LogP contribution in [-0.4, -0.2) is 40.9 Å². The van der Waals surface area contributed by atoms with Crippen molar-refractivity contribution in [3.63, 3.8) is 0 Å². The molecule has 1 aliphatic heterocycles. The molecular weight excluding hydrogens is 362 g/mol. The van der Waals surface area contributed by atoms with Gasteiger partial charge in [0.15, 0.2) is 0 Å². The maximum atomic E-state index is 12.5. The zero-order valence-electron chi connectivity index (χ0n) is 17.2. The lowest BCUT2D eigenvalue weighted by atomic mass is 9.82. The molecule has 0 aromatic carbocycles. The zero-order chi connectivity index (χ0) is 21.1. The standard InChI is InChI=1S/C21H29NO6/c1-6-8-9-14(19(25)27-7-2)13-10-11-16-15(12-13)17(23)18(24)22(16)20(26)28-21(3,4)5/h10-11,14-15H,6-9,12H2,1-5H3. The van der Waals surface area contributed by atoms with Gasteiger partial charge in [-0.15, -0.1) is 0 Å². The van der Waals surface area contributed by atoms with Crippen LogP contribution >= 0.6 is 0 Å². The highest BCUT2D eigenvalue weighted by Gasteiger charge is 2.49. The lowest BCUT2D eigenvalue weighted by Gasteiger charge is -2.27. The second-order valence-corrected chi connectivity index (χ2v) is 8.02. The maximum Gasteiger partial charge on any atom is 0.421 e. The predicted molar refractivity (Wildman–Crippen MR) is 102 cm³/mol. The molecule has 2 aliphatic rings. The Labute approximate surface area is 165 Å². The van der Waals surface area contributed by atoms with Crippen molar-refractivity contribution in [2.75, 3.05) is 6.61 Å². The summed E-state index contributed by atoms with van der Waals surface area (Å²) in [7, 11) is 0. The highest BCUT2D eigenvalue weighted by atomic mass is 16.6. The number of likely N-dealkylation sites (tertiary alicyclic amines) is 1. The van der Waals surface area contributed by atoms with Gasteiger partial charge in [0.1, 0.15) is 5.60 Å².